The van der Waals surface area contributed by atoms with Crippen LogP contribution in [-0.4, -0.2) is 28.2 Å². The zero-order valence-electron chi connectivity index (χ0n) is 14.7. The molecule has 0 spiro atoms. The maximum atomic E-state index is 11.1. The Kier molecular flexibility index (Phi) is 5.42. The predicted octanol–water partition coefficient (Wildman–Crippen LogP) is 4.63. The molecule has 0 saturated heterocycles. The van der Waals surface area contributed by atoms with Gasteiger partial charge in [0.1, 0.15) is 23.7 Å². The van der Waals surface area contributed by atoms with Gasteiger partial charge in [-0.05, 0) is 36.8 Å². The minimum Gasteiger partial charge on any atom is -0.495 e. The molecule has 0 aliphatic rings. The van der Waals surface area contributed by atoms with Crippen LogP contribution in [-0.2, 0) is 0 Å². The molecule has 0 aliphatic heterocycles. The van der Waals surface area contributed by atoms with Crippen molar-refractivity contribution in [1.29, 1.82) is 0 Å². The highest BCUT2D eigenvalue weighted by atomic mass is 35.5. The average molecular weight is 385 g/mol. The molecule has 7 nitrogen and oxygen atoms in total. The number of aryl methyl sites for hydroxylation is 1. The molecule has 0 aliphatic carbocycles. The molecule has 138 valence electrons. The summed E-state index contributed by atoms with van der Waals surface area (Å²) in [6.45, 7) is 1.90. The van der Waals surface area contributed by atoms with E-state index in [-0.39, 0.29) is 5.56 Å². The van der Waals surface area contributed by atoms with Gasteiger partial charge in [0.25, 0.3) is 0 Å². The highest BCUT2D eigenvalue weighted by molar-refractivity contribution is 6.31. The van der Waals surface area contributed by atoms with E-state index >= 15 is 0 Å². The Balaban J connectivity index is 1.83. The third-order valence-electron chi connectivity index (χ3n) is 3.79. The Morgan fingerprint density at radius 1 is 1.11 bits per heavy atom. The van der Waals surface area contributed by atoms with Gasteiger partial charge in [0.2, 0.25) is 0 Å². The smallest absolute Gasteiger partial charge is 0.335 e. The molecule has 0 radical (unpaired) electrons. The number of aromatic nitrogens is 2. The van der Waals surface area contributed by atoms with E-state index in [4.69, 9.17) is 21.4 Å². The Morgan fingerprint density at radius 3 is 2.56 bits per heavy atom. The number of ether oxygens (including phenoxy) is 1. The summed E-state index contributed by atoms with van der Waals surface area (Å²) >= 11 is 6.13. The molecule has 0 atom stereocenters. The van der Waals surface area contributed by atoms with Crippen LogP contribution in [0.1, 0.15) is 15.9 Å². The minimum atomic E-state index is -0.992. The molecule has 0 unspecified atom stereocenters. The Bertz CT molecular complexity index is 994. The quantitative estimate of drug-likeness (QED) is 0.570. The summed E-state index contributed by atoms with van der Waals surface area (Å²) in [5, 5.41) is 15.9. The Hall–Kier alpha value is -3.32. The summed E-state index contributed by atoms with van der Waals surface area (Å²) in [5.74, 6) is 0.656. The molecule has 1 heterocycles. The fraction of sp³-hybridized carbons (Fsp3) is 0.105. The van der Waals surface area contributed by atoms with E-state index in [1.165, 1.54) is 18.5 Å². The SMILES string of the molecule is COc1cc(Cl)c(C)cc1Nc1cc(Nc2cccc(C(=O)O)c2)ncn1. The van der Waals surface area contributed by atoms with Crippen molar-refractivity contribution >= 4 is 40.6 Å². The van der Waals surface area contributed by atoms with Crippen molar-refractivity contribution in [3.63, 3.8) is 0 Å². The monoisotopic (exact) mass is 384 g/mol. The zero-order chi connectivity index (χ0) is 19.4. The molecular weight excluding hydrogens is 368 g/mol. The summed E-state index contributed by atoms with van der Waals surface area (Å²) in [5.41, 5.74) is 2.42. The van der Waals surface area contributed by atoms with Crippen LogP contribution in [0.15, 0.2) is 48.8 Å². The van der Waals surface area contributed by atoms with Crippen LogP contribution in [0.2, 0.25) is 5.02 Å². The van der Waals surface area contributed by atoms with Crippen molar-refractivity contribution in [2.75, 3.05) is 17.7 Å². The molecule has 0 saturated carbocycles. The number of nitrogens with one attached hydrogen (secondary N) is 2. The number of benzene rings is 2. The number of methoxy groups -OCH3 is 1. The third kappa shape index (κ3) is 4.45. The topological polar surface area (TPSA) is 96.4 Å². The van der Waals surface area contributed by atoms with E-state index in [0.29, 0.717) is 28.1 Å². The van der Waals surface area contributed by atoms with Gasteiger partial charge >= 0.3 is 5.97 Å². The molecule has 0 bridgehead atoms. The van der Waals surface area contributed by atoms with Crippen molar-refractivity contribution in [2.45, 2.75) is 6.92 Å². The number of hydrogen-bond acceptors (Lipinski definition) is 6. The predicted molar refractivity (Wildman–Crippen MR) is 105 cm³/mol. The van der Waals surface area contributed by atoms with Gasteiger partial charge < -0.3 is 20.5 Å². The van der Waals surface area contributed by atoms with Crippen LogP contribution in [0, 0.1) is 6.92 Å². The molecule has 3 aromatic rings. The highest BCUT2D eigenvalue weighted by Crippen LogP contribution is 2.33. The first-order valence-corrected chi connectivity index (χ1v) is 8.37. The molecule has 3 N–H and O–H groups in total. The second-order valence-electron chi connectivity index (χ2n) is 5.73. The van der Waals surface area contributed by atoms with Crippen LogP contribution in [0.4, 0.5) is 23.0 Å². The number of rotatable bonds is 6. The molecule has 3 rings (SSSR count). The number of carboxylic acids is 1. The van der Waals surface area contributed by atoms with Gasteiger partial charge in [0.15, 0.2) is 0 Å². The van der Waals surface area contributed by atoms with Gasteiger partial charge in [-0.25, -0.2) is 14.8 Å². The summed E-state index contributed by atoms with van der Waals surface area (Å²) in [7, 11) is 1.56. The number of carboxylic acid groups (broad SMARTS) is 1. The fourth-order valence-electron chi connectivity index (χ4n) is 2.44. The minimum absolute atomic E-state index is 0.189. The standard InChI is InChI=1S/C19H17ClN4O3/c1-11-6-15(16(27-2)8-14(11)20)24-18-9-17(21-10-22-18)23-13-5-3-4-12(7-13)19(25)26/h3-10H,1-2H3,(H,25,26)(H2,21,22,23,24). The highest BCUT2D eigenvalue weighted by Gasteiger charge is 2.09. The third-order valence-corrected chi connectivity index (χ3v) is 4.20. The summed E-state index contributed by atoms with van der Waals surface area (Å²) in [4.78, 5) is 19.5. The van der Waals surface area contributed by atoms with Crippen molar-refractivity contribution in [1.82, 2.24) is 9.97 Å². The molecule has 2 aromatic carbocycles. The molecule has 27 heavy (non-hydrogen) atoms. The van der Waals surface area contributed by atoms with E-state index in [0.717, 1.165) is 11.3 Å². The lowest BCUT2D eigenvalue weighted by Gasteiger charge is -2.13. The first-order chi connectivity index (χ1) is 13.0. The number of nitrogens with zero attached hydrogens (tertiary/aromatic N) is 2. The second-order valence-corrected chi connectivity index (χ2v) is 6.13. The number of hydrogen-bond donors (Lipinski definition) is 3. The van der Waals surface area contributed by atoms with Crippen LogP contribution in [0.3, 0.4) is 0 Å². The van der Waals surface area contributed by atoms with E-state index in [1.807, 2.05) is 13.0 Å². The van der Waals surface area contributed by atoms with Gasteiger partial charge in [-0.3, -0.25) is 0 Å². The zero-order valence-corrected chi connectivity index (χ0v) is 15.4. The van der Waals surface area contributed by atoms with Crippen LogP contribution < -0.4 is 15.4 Å². The summed E-state index contributed by atoms with van der Waals surface area (Å²) in [6.07, 6.45) is 1.40. The lowest BCUT2D eigenvalue weighted by Crippen LogP contribution is -2.01. The van der Waals surface area contributed by atoms with Gasteiger partial charge in [-0.1, -0.05) is 17.7 Å². The lowest BCUT2D eigenvalue weighted by atomic mass is 10.2. The Labute approximate surface area is 161 Å². The van der Waals surface area contributed by atoms with E-state index in [2.05, 4.69) is 20.6 Å². The maximum Gasteiger partial charge on any atom is 0.335 e. The van der Waals surface area contributed by atoms with E-state index in [9.17, 15) is 4.79 Å². The number of carbonyl (C=O) groups is 1. The number of anilines is 4. The van der Waals surface area contributed by atoms with Crippen molar-refractivity contribution in [3.05, 3.63) is 64.9 Å². The van der Waals surface area contributed by atoms with Crippen LogP contribution >= 0.6 is 11.6 Å². The molecule has 8 heteroatoms. The van der Waals surface area contributed by atoms with Crippen LogP contribution in [0.5, 0.6) is 5.75 Å². The van der Waals surface area contributed by atoms with Gasteiger partial charge in [0, 0.05) is 22.8 Å². The summed E-state index contributed by atoms with van der Waals surface area (Å²) < 4.78 is 5.35. The van der Waals surface area contributed by atoms with Gasteiger partial charge in [-0.2, -0.15) is 0 Å². The molecule has 0 amide bonds. The van der Waals surface area contributed by atoms with Gasteiger partial charge in [-0.15, -0.1) is 0 Å². The fourth-order valence-corrected chi connectivity index (χ4v) is 2.59. The first-order valence-electron chi connectivity index (χ1n) is 8.00. The maximum absolute atomic E-state index is 11.1. The van der Waals surface area contributed by atoms with Gasteiger partial charge in [0.05, 0.1) is 18.4 Å². The summed E-state index contributed by atoms with van der Waals surface area (Å²) in [6, 6.07) is 11.8. The largest absolute Gasteiger partial charge is 0.495 e. The molecular formula is C19H17ClN4O3. The Morgan fingerprint density at radius 2 is 1.85 bits per heavy atom. The first kappa shape index (κ1) is 18.5. The second kappa shape index (κ2) is 7.92. The normalized spacial score (nSPS) is 10.3. The molecule has 0 fully saturated rings. The number of aromatic carboxylic acids is 1. The van der Waals surface area contributed by atoms with Crippen molar-refractivity contribution in [3.8, 4) is 5.75 Å². The van der Waals surface area contributed by atoms with E-state index < -0.39 is 5.97 Å². The van der Waals surface area contributed by atoms with Crippen molar-refractivity contribution < 1.29 is 14.6 Å². The van der Waals surface area contributed by atoms with Crippen molar-refractivity contribution in [2.24, 2.45) is 0 Å². The van der Waals surface area contributed by atoms with Crippen LogP contribution in [0.25, 0.3) is 0 Å². The molecule has 1 aromatic heterocycles. The van der Waals surface area contributed by atoms with E-state index in [1.54, 1.807) is 31.4 Å². The number of halogens is 1. The lowest BCUT2D eigenvalue weighted by molar-refractivity contribution is 0.0697. The average Bonchev–Trinajstić information content (AvgIpc) is 2.65.